The summed E-state index contributed by atoms with van der Waals surface area (Å²) in [6.07, 6.45) is 6.84. The maximum Gasteiger partial charge on any atom is 0.0882 e. The van der Waals surface area contributed by atoms with Gasteiger partial charge in [0.15, 0.2) is 0 Å². The summed E-state index contributed by atoms with van der Waals surface area (Å²) in [5.74, 6) is 0.751. The Balaban J connectivity index is 1.20. The van der Waals surface area contributed by atoms with Gasteiger partial charge >= 0.3 is 0 Å². The standard InChI is InChI=1S/C36H39N3/c1-36(2)34(30-14-8-4-9-15-30)38-39(35(36)31-16-10-5-11-17-31)33-24-18-27(19-25-33)26-37-32-22-20-29(21-23-32)28-12-6-3-7-13-28/h4-5,8-11,14-25,28,35,37H,3,6-7,12-13,26H2,1-2H3/t35-/m0/s1. The summed E-state index contributed by atoms with van der Waals surface area (Å²) in [5, 5.41) is 11.1. The average molecular weight is 514 g/mol. The highest BCUT2D eigenvalue weighted by molar-refractivity contribution is 6.07. The molecule has 1 aliphatic carbocycles. The molecule has 39 heavy (non-hydrogen) atoms. The summed E-state index contributed by atoms with van der Waals surface area (Å²) in [7, 11) is 0. The molecule has 1 heterocycles. The van der Waals surface area contributed by atoms with Gasteiger partial charge in [-0.1, -0.05) is 118 Å². The van der Waals surface area contributed by atoms with E-state index in [2.05, 4.69) is 133 Å². The Bertz CT molecular complexity index is 1380. The number of anilines is 2. The summed E-state index contributed by atoms with van der Waals surface area (Å²) in [6.45, 7) is 5.43. The van der Waals surface area contributed by atoms with Gasteiger partial charge in [-0.15, -0.1) is 0 Å². The molecule has 198 valence electrons. The van der Waals surface area contributed by atoms with Crippen LogP contribution in [0.15, 0.2) is 114 Å². The lowest BCUT2D eigenvalue weighted by molar-refractivity contribution is 0.425. The van der Waals surface area contributed by atoms with Crippen molar-refractivity contribution in [1.82, 2.24) is 0 Å². The normalized spacial score (nSPS) is 19.1. The van der Waals surface area contributed by atoms with Crippen LogP contribution in [0.25, 0.3) is 0 Å². The van der Waals surface area contributed by atoms with E-state index in [1.807, 2.05) is 0 Å². The zero-order chi connectivity index (χ0) is 26.7. The van der Waals surface area contributed by atoms with Gasteiger partial charge in [0.05, 0.1) is 17.4 Å². The Morgan fingerprint density at radius 1 is 0.718 bits per heavy atom. The largest absolute Gasteiger partial charge is 0.381 e. The van der Waals surface area contributed by atoms with Crippen LogP contribution in [0.3, 0.4) is 0 Å². The van der Waals surface area contributed by atoms with Crippen molar-refractivity contribution in [2.24, 2.45) is 10.5 Å². The lowest BCUT2D eigenvalue weighted by Crippen LogP contribution is -2.32. The van der Waals surface area contributed by atoms with Crippen molar-refractivity contribution < 1.29 is 0 Å². The molecule has 1 saturated carbocycles. The van der Waals surface area contributed by atoms with Crippen LogP contribution in [0.5, 0.6) is 0 Å². The van der Waals surface area contributed by atoms with E-state index < -0.39 is 0 Å². The van der Waals surface area contributed by atoms with Gasteiger partial charge in [0.1, 0.15) is 0 Å². The number of nitrogens with one attached hydrogen (secondary N) is 1. The van der Waals surface area contributed by atoms with Crippen LogP contribution in [0, 0.1) is 5.41 Å². The topological polar surface area (TPSA) is 27.6 Å². The van der Waals surface area contributed by atoms with Crippen molar-refractivity contribution in [3.63, 3.8) is 0 Å². The van der Waals surface area contributed by atoms with E-state index >= 15 is 0 Å². The van der Waals surface area contributed by atoms with Gasteiger partial charge in [0.25, 0.3) is 0 Å². The molecule has 0 saturated heterocycles. The van der Waals surface area contributed by atoms with Gasteiger partial charge in [-0.25, -0.2) is 0 Å². The highest BCUT2D eigenvalue weighted by atomic mass is 15.5. The fourth-order valence-corrected chi connectivity index (χ4v) is 6.44. The van der Waals surface area contributed by atoms with Crippen molar-refractivity contribution in [2.45, 2.75) is 64.5 Å². The number of rotatable bonds is 7. The lowest BCUT2D eigenvalue weighted by atomic mass is 9.75. The summed E-state index contributed by atoms with van der Waals surface area (Å²) in [4.78, 5) is 0. The molecule has 4 aromatic carbocycles. The first-order valence-electron chi connectivity index (χ1n) is 14.5. The number of hydrogen-bond donors (Lipinski definition) is 1. The minimum atomic E-state index is -0.160. The Morgan fingerprint density at radius 2 is 1.36 bits per heavy atom. The zero-order valence-electron chi connectivity index (χ0n) is 23.2. The Labute approximate surface area is 233 Å². The van der Waals surface area contributed by atoms with Crippen LogP contribution >= 0.6 is 0 Å². The van der Waals surface area contributed by atoms with Crippen LogP contribution < -0.4 is 10.3 Å². The van der Waals surface area contributed by atoms with Gasteiger partial charge in [0, 0.05) is 17.6 Å². The number of nitrogens with zero attached hydrogens (tertiary/aromatic N) is 2. The van der Waals surface area contributed by atoms with Crippen molar-refractivity contribution >= 4 is 17.1 Å². The van der Waals surface area contributed by atoms with Gasteiger partial charge in [-0.05, 0) is 65.3 Å². The third kappa shape index (κ3) is 5.36. The predicted molar refractivity (Wildman–Crippen MR) is 164 cm³/mol. The maximum absolute atomic E-state index is 5.24. The molecule has 1 aliphatic heterocycles. The van der Waals surface area contributed by atoms with Crippen LogP contribution in [-0.4, -0.2) is 5.71 Å². The van der Waals surface area contributed by atoms with Crippen molar-refractivity contribution in [3.05, 3.63) is 131 Å². The van der Waals surface area contributed by atoms with E-state index in [1.54, 1.807) is 0 Å². The third-order valence-electron chi connectivity index (χ3n) is 8.59. The molecule has 0 spiro atoms. The van der Waals surface area contributed by atoms with Gasteiger partial charge in [0.2, 0.25) is 0 Å². The Hall–Kier alpha value is -3.85. The van der Waals surface area contributed by atoms with Crippen LogP contribution in [0.2, 0.25) is 0 Å². The zero-order valence-corrected chi connectivity index (χ0v) is 23.2. The molecular weight excluding hydrogens is 474 g/mol. The minimum absolute atomic E-state index is 0.112. The number of hydrazone groups is 1. The predicted octanol–water partition coefficient (Wildman–Crippen LogP) is 9.34. The second-order valence-electron chi connectivity index (χ2n) is 11.7. The summed E-state index contributed by atoms with van der Waals surface area (Å²) < 4.78 is 0. The maximum atomic E-state index is 5.24. The minimum Gasteiger partial charge on any atom is -0.381 e. The van der Waals surface area contributed by atoms with E-state index in [0.29, 0.717) is 0 Å². The van der Waals surface area contributed by atoms with E-state index in [9.17, 15) is 0 Å². The third-order valence-corrected chi connectivity index (χ3v) is 8.59. The molecule has 0 aromatic heterocycles. The summed E-state index contributed by atoms with van der Waals surface area (Å²) in [6, 6.07) is 39.5. The molecule has 1 N–H and O–H groups in total. The monoisotopic (exact) mass is 513 g/mol. The van der Waals surface area contributed by atoms with E-state index in [4.69, 9.17) is 5.10 Å². The van der Waals surface area contributed by atoms with E-state index in [1.165, 1.54) is 60.0 Å². The highest BCUT2D eigenvalue weighted by Gasteiger charge is 2.46. The first-order valence-corrected chi connectivity index (χ1v) is 14.5. The molecule has 0 radical (unpaired) electrons. The molecule has 0 amide bonds. The quantitative estimate of drug-likeness (QED) is 0.267. The van der Waals surface area contributed by atoms with Crippen molar-refractivity contribution in [1.29, 1.82) is 0 Å². The van der Waals surface area contributed by atoms with Gasteiger partial charge in [-0.3, -0.25) is 5.01 Å². The second kappa shape index (κ2) is 11.1. The first-order chi connectivity index (χ1) is 19.1. The fourth-order valence-electron chi connectivity index (χ4n) is 6.44. The van der Waals surface area contributed by atoms with Gasteiger partial charge < -0.3 is 5.32 Å². The molecule has 1 fully saturated rings. The molecule has 6 rings (SSSR count). The summed E-state index contributed by atoms with van der Waals surface area (Å²) in [5.41, 5.74) is 8.48. The molecular formula is C36H39N3. The molecule has 0 bridgehead atoms. The summed E-state index contributed by atoms with van der Waals surface area (Å²) >= 11 is 0. The Morgan fingerprint density at radius 3 is 2.03 bits per heavy atom. The first kappa shape index (κ1) is 25.4. The van der Waals surface area contributed by atoms with E-state index in [0.717, 1.165) is 23.9 Å². The van der Waals surface area contributed by atoms with Crippen LogP contribution in [-0.2, 0) is 6.54 Å². The Kier molecular flexibility index (Phi) is 7.24. The lowest BCUT2D eigenvalue weighted by Gasteiger charge is -2.33. The highest BCUT2D eigenvalue weighted by Crippen LogP contribution is 2.48. The second-order valence-corrected chi connectivity index (χ2v) is 11.7. The number of benzene rings is 4. The van der Waals surface area contributed by atoms with Gasteiger partial charge in [-0.2, -0.15) is 5.10 Å². The smallest absolute Gasteiger partial charge is 0.0882 e. The molecule has 2 aliphatic rings. The average Bonchev–Trinajstić information content (AvgIpc) is 3.28. The molecule has 3 heteroatoms. The molecule has 1 atom stereocenters. The SMILES string of the molecule is CC1(C)C(c2ccccc2)=NN(c2ccc(CNc3ccc(C4CCCCC4)cc3)cc2)[C@H]1c1ccccc1. The van der Waals surface area contributed by atoms with Crippen LogP contribution in [0.4, 0.5) is 11.4 Å². The molecule has 3 nitrogen and oxygen atoms in total. The van der Waals surface area contributed by atoms with Crippen LogP contribution in [0.1, 0.15) is 80.2 Å². The van der Waals surface area contributed by atoms with E-state index in [-0.39, 0.29) is 11.5 Å². The number of hydrogen-bond acceptors (Lipinski definition) is 3. The fraction of sp³-hybridized carbons (Fsp3) is 0.306. The van der Waals surface area contributed by atoms with Crippen molar-refractivity contribution in [2.75, 3.05) is 10.3 Å². The molecule has 0 unspecified atom stereocenters. The van der Waals surface area contributed by atoms with Crippen molar-refractivity contribution in [3.8, 4) is 0 Å². The molecule has 4 aromatic rings.